The van der Waals surface area contributed by atoms with E-state index in [1.165, 1.54) is 4.31 Å². The molecule has 2 rings (SSSR count). The Bertz CT molecular complexity index is 530. The minimum atomic E-state index is -3.51. The number of aliphatic hydroxyl groups excluding tert-OH is 1. The Morgan fingerprint density at radius 3 is 2.56 bits per heavy atom. The molecule has 2 unspecified atom stereocenters. The Morgan fingerprint density at radius 1 is 1.33 bits per heavy atom. The van der Waals surface area contributed by atoms with Gasteiger partial charge in [0.05, 0.1) is 11.0 Å². The highest BCUT2D eigenvalue weighted by molar-refractivity contribution is 7.89. The quantitative estimate of drug-likeness (QED) is 0.808. The van der Waals surface area contributed by atoms with Crippen molar-refractivity contribution in [3.05, 3.63) is 29.8 Å². The summed E-state index contributed by atoms with van der Waals surface area (Å²) in [5.41, 5.74) is 0.722. The number of sulfonamides is 1. The van der Waals surface area contributed by atoms with Gasteiger partial charge in [-0.3, -0.25) is 0 Å². The van der Waals surface area contributed by atoms with E-state index in [-0.39, 0.29) is 12.6 Å². The van der Waals surface area contributed by atoms with Crippen LogP contribution in [0.5, 0.6) is 0 Å². The normalized spacial score (nSPS) is 25.5. The van der Waals surface area contributed by atoms with Crippen molar-refractivity contribution in [2.45, 2.75) is 24.0 Å². The average molecular weight is 270 g/mol. The monoisotopic (exact) mass is 270 g/mol. The third-order valence-corrected chi connectivity index (χ3v) is 5.33. The highest BCUT2D eigenvalue weighted by Crippen LogP contribution is 2.23. The van der Waals surface area contributed by atoms with Crippen LogP contribution in [0.2, 0.25) is 0 Å². The van der Waals surface area contributed by atoms with Crippen LogP contribution in [0.4, 0.5) is 0 Å². The Morgan fingerprint density at radius 2 is 2.00 bits per heavy atom. The molecule has 0 aromatic heterocycles. The molecule has 1 aromatic rings. The minimum absolute atomic E-state index is 0.141. The van der Waals surface area contributed by atoms with Gasteiger partial charge in [0.1, 0.15) is 0 Å². The first-order valence-electron chi connectivity index (χ1n) is 5.88. The molecule has 2 N–H and O–H groups in total. The van der Waals surface area contributed by atoms with Gasteiger partial charge in [-0.05, 0) is 25.6 Å². The van der Waals surface area contributed by atoms with Crippen LogP contribution in [-0.2, 0) is 10.0 Å². The van der Waals surface area contributed by atoms with Crippen LogP contribution in [0, 0.1) is 6.92 Å². The van der Waals surface area contributed by atoms with Crippen LogP contribution in [-0.4, -0.2) is 50.1 Å². The molecule has 0 bridgehead atoms. The van der Waals surface area contributed by atoms with E-state index in [4.69, 9.17) is 0 Å². The number of aliphatic hydroxyl groups is 1. The molecule has 0 radical (unpaired) electrons. The van der Waals surface area contributed by atoms with Crippen LogP contribution >= 0.6 is 0 Å². The molecule has 0 amide bonds. The van der Waals surface area contributed by atoms with E-state index >= 15 is 0 Å². The van der Waals surface area contributed by atoms with Crippen molar-refractivity contribution in [2.24, 2.45) is 0 Å². The molecule has 5 nitrogen and oxygen atoms in total. The van der Waals surface area contributed by atoms with Gasteiger partial charge >= 0.3 is 0 Å². The topological polar surface area (TPSA) is 69.6 Å². The van der Waals surface area contributed by atoms with Crippen molar-refractivity contribution < 1.29 is 13.5 Å². The lowest BCUT2D eigenvalue weighted by Gasteiger charge is -2.17. The fourth-order valence-electron chi connectivity index (χ4n) is 2.22. The summed E-state index contributed by atoms with van der Waals surface area (Å²) in [7, 11) is -1.79. The highest BCUT2D eigenvalue weighted by atomic mass is 32.2. The summed E-state index contributed by atoms with van der Waals surface area (Å²) in [6.45, 7) is 2.21. The second-order valence-corrected chi connectivity index (χ2v) is 6.46. The Labute approximate surface area is 107 Å². The zero-order valence-corrected chi connectivity index (χ0v) is 11.3. The van der Waals surface area contributed by atoms with Gasteiger partial charge in [0.2, 0.25) is 10.0 Å². The van der Waals surface area contributed by atoms with E-state index in [0.717, 1.165) is 5.56 Å². The summed E-state index contributed by atoms with van der Waals surface area (Å²) < 4.78 is 26.2. The van der Waals surface area contributed by atoms with E-state index in [1.807, 2.05) is 6.07 Å². The summed E-state index contributed by atoms with van der Waals surface area (Å²) in [5, 5.41) is 12.7. The molecule has 1 fully saturated rings. The molecule has 0 saturated carbocycles. The number of likely N-dealkylation sites (N-methyl/N-ethyl adjacent to an activating group) is 1. The van der Waals surface area contributed by atoms with E-state index in [9.17, 15) is 13.5 Å². The third kappa shape index (κ3) is 2.29. The van der Waals surface area contributed by atoms with Crippen molar-refractivity contribution in [3.8, 4) is 0 Å². The molecule has 1 aliphatic heterocycles. The van der Waals surface area contributed by atoms with Crippen molar-refractivity contribution in [2.75, 3.05) is 20.1 Å². The molecule has 1 aliphatic rings. The predicted molar refractivity (Wildman–Crippen MR) is 68.8 cm³/mol. The first-order valence-corrected chi connectivity index (χ1v) is 7.32. The van der Waals surface area contributed by atoms with Crippen molar-refractivity contribution in [1.29, 1.82) is 0 Å². The van der Waals surface area contributed by atoms with Gasteiger partial charge in [-0.2, -0.15) is 4.31 Å². The van der Waals surface area contributed by atoms with Crippen LogP contribution in [0.15, 0.2) is 29.2 Å². The van der Waals surface area contributed by atoms with Gasteiger partial charge in [0, 0.05) is 19.1 Å². The standard InChI is InChI=1S/C12H18N2O3S/c1-9-5-3-4-6-12(9)18(16,17)14-7-10(13-2)11(15)8-14/h3-6,10-11,13,15H,7-8H2,1-2H3. The zero-order chi connectivity index (χ0) is 13.3. The molecule has 1 heterocycles. The highest BCUT2D eigenvalue weighted by Gasteiger charge is 2.38. The molecule has 1 saturated heterocycles. The molecular weight excluding hydrogens is 252 g/mol. The summed E-state index contributed by atoms with van der Waals surface area (Å²) in [5.74, 6) is 0. The van der Waals surface area contributed by atoms with Gasteiger partial charge in [-0.15, -0.1) is 0 Å². The predicted octanol–water partition coefficient (Wildman–Crippen LogP) is -0.0518. The van der Waals surface area contributed by atoms with Crippen LogP contribution in [0.1, 0.15) is 5.56 Å². The smallest absolute Gasteiger partial charge is 0.243 e. The van der Waals surface area contributed by atoms with Gasteiger partial charge in [0.15, 0.2) is 0 Å². The number of aryl methyl sites for hydroxylation is 1. The first kappa shape index (κ1) is 13.5. The van der Waals surface area contributed by atoms with Gasteiger partial charge in [-0.25, -0.2) is 8.42 Å². The average Bonchev–Trinajstić information content (AvgIpc) is 2.71. The largest absolute Gasteiger partial charge is 0.390 e. The van der Waals surface area contributed by atoms with Crippen molar-refractivity contribution >= 4 is 10.0 Å². The first-order chi connectivity index (χ1) is 8.46. The van der Waals surface area contributed by atoms with E-state index < -0.39 is 16.1 Å². The lowest BCUT2D eigenvalue weighted by Crippen LogP contribution is -2.36. The molecule has 100 valence electrons. The Kier molecular flexibility index (Phi) is 3.72. The Hall–Kier alpha value is -0.950. The number of benzene rings is 1. The van der Waals surface area contributed by atoms with E-state index in [2.05, 4.69) is 5.32 Å². The summed E-state index contributed by atoms with van der Waals surface area (Å²) in [6.07, 6.45) is -0.659. The molecule has 6 heteroatoms. The Balaban J connectivity index is 2.31. The fourth-order valence-corrected chi connectivity index (χ4v) is 3.93. The van der Waals surface area contributed by atoms with Crippen molar-refractivity contribution in [3.63, 3.8) is 0 Å². The zero-order valence-electron chi connectivity index (χ0n) is 10.5. The fraction of sp³-hybridized carbons (Fsp3) is 0.500. The van der Waals surface area contributed by atoms with Crippen LogP contribution < -0.4 is 5.32 Å². The number of hydrogen-bond acceptors (Lipinski definition) is 4. The second-order valence-electron chi connectivity index (χ2n) is 4.55. The molecule has 2 atom stereocenters. The molecule has 0 spiro atoms. The summed E-state index contributed by atoms with van der Waals surface area (Å²) in [6, 6.07) is 6.69. The summed E-state index contributed by atoms with van der Waals surface area (Å²) in [4.78, 5) is 0.314. The van der Waals surface area contributed by atoms with Crippen LogP contribution in [0.3, 0.4) is 0 Å². The minimum Gasteiger partial charge on any atom is -0.390 e. The van der Waals surface area contributed by atoms with Crippen molar-refractivity contribution in [1.82, 2.24) is 9.62 Å². The number of β-amino-alcohol motifs (C(OH)–C–C–N with tert-alkyl or cyclic N) is 1. The molecule has 18 heavy (non-hydrogen) atoms. The van der Waals surface area contributed by atoms with Crippen LogP contribution in [0.25, 0.3) is 0 Å². The SMILES string of the molecule is CNC1CN(S(=O)(=O)c2ccccc2C)CC1O. The maximum atomic E-state index is 12.4. The maximum Gasteiger partial charge on any atom is 0.243 e. The maximum absolute atomic E-state index is 12.4. The van der Waals surface area contributed by atoms with Gasteiger partial charge in [0.25, 0.3) is 0 Å². The number of rotatable bonds is 3. The van der Waals surface area contributed by atoms with E-state index in [0.29, 0.717) is 11.4 Å². The summed E-state index contributed by atoms with van der Waals surface area (Å²) >= 11 is 0. The van der Waals surface area contributed by atoms with Gasteiger partial charge in [-0.1, -0.05) is 18.2 Å². The lowest BCUT2D eigenvalue weighted by molar-refractivity contribution is 0.163. The molecule has 1 aromatic carbocycles. The number of nitrogens with zero attached hydrogens (tertiary/aromatic N) is 1. The molecular formula is C12H18N2O3S. The molecule has 0 aliphatic carbocycles. The van der Waals surface area contributed by atoms with Gasteiger partial charge < -0.3 is 10.4 Å². The third-order valence-electron chi connectivity index (χ3n) is 3.34. The lowest BCUT2D eigenvalue weighted by atomic mass is 10.2. The number of nitrogens with one attached hydrogen (secondary N) is 1. The number of hydrogen-bond donors (Lipinski definition) is 2. The second kappa shape index (κ2) is 4.97. The van der Waals surface area contributed by atoms with E-state index in [1.54, 1.807) is 32.2 Å².